The molecule has 5 aromatic rings. The topological polar surface area (TPSA) is 47.8 Å². The zero-order chi connectivity index (χ0) is 19.6. The Kier molecular flexibility index (Phi) is 4.22. The molecule has 0 aliphatic rings. The van der Waals surface area contributed by atoms with Crippen molar-refractivity contribution in [1.29, 1.82) is 0 Å². The highest BCUT2D eigenvalue weighted by Gasteiger charge is 2.14. The van der Waals surface area contributed by atoms with Gasteiger partial charge < -0.3 is 0 Å². The van der Waals surface area contributed by atoms with Crippen molar-refractivity contribution in [1.82, 2.24) is 14.5 Å². The summed E-state index contributed by atoms with van der Waals surface area (Å²) in [5, 5.41) is 2.14. The molecule has 3 aromatic heterocycles. The largest absolute Gasteiger partial charge is 0.282 e. The number of fused-ring (bicyclic) bond motifs is 1. The zero-order valence-corrected chi connectivity index (χ0v) is 15.6. The van der Waals surface area contributed by atoms with Crippen LogP contribution in [0.25, 0.3) is 38.8 Å². The van der Waals surface area contributed by atoms with Crippen LogP contribution in [0.15, 0.2) is 108 Å². The predicted octanol–water partition coefficient (Wildman–Crippen LogP) is 5.11. The lowest BCUT2D eigenvalue weighted by Gasteiger charge is -2.13. The third kappa shape index (κ3) is 3.11. The molecule has 0 unspecified atom stereocenters. The predicted molar refractivity (Wildman–Crippen MR) is 116 cm³/mol. The third-order valence-corrected chi connectivity index (χ3v) is 4.98. The van der Waals surface area contributed by atoms with Crippen LogP contribution >= 0.6 is 0 Å². The molecule has 0 aliphatic carbocycles. The van der Waals surface area contributed by atoms with Gasteiger partial charge in [-0.2, -0.15) is 0 Å². The molecule has 0 radical (unpaired) electrons. The Morgan fingerprint density at radius 3 is 2.45 bits per heavy atom. The first kappa shape index (κ1) is 17.1. The van der Waals surface area contributed by atoms with E-state index < -0.39 is 0 Å². The van der Waals surface area contributed by atoms with E-state index in [9.17, 15) is 4.79 Å². The van der Waals surface area contributed by atoms with Crippen LogP contribution < -0.4 is 5.56 Å². The molecule has 0 saturated heterocycles. The lowest BCUT2D eigenvalue weighted by atomic mass is 9.97. The van der Waals surface area contributed by atoms with Crippen molar-refractivity contribution in [2.45, 2.75) is 0 Å². The van der Waals surface area contributed by atoms with Gasteiger partial charge in [-0.1, -0.05) is 48.5 Å². The van der Waals surface area contributed by atoms with Crippen LogP contribution in [-0.4, -0.2) is 14.5 Å². The summed E-state index contributed by atoms with van der Waals surface area (Å²) < 4.78 is 1.65. The maximum absolute atomic E-state index is 13.5. The average molecular weight is 375 g/mol. The lowest BCUT2D eigenvalue weighted by Crippen LogP contribution is -2.20. The summed E-state index contributed by atoms with van der Waals surface area (Å²) >= 11 is 0. The van der Waals surface area contributed by atoms with Crippen molar-refractivity contribution in [2.24, 2.45) is 0 Å². The van der Waals surface area contributed by atoms with Gasteiger partial charge in [0.2, 0.25) is 0 Å². The Balaban J connectivity index is 1.84. The van der Waals surface area contributed by atoms with Crippen molar-refractivity contribution < 1.29 is 0 Å². The third-order valence-electron chi connectivity index (χ3n) is 4.98. The average Bonchev–Trinajstić information content (AvgIpc) is 2.80. The molecule has 2 aromatic carbocycles. The molecule has 0 aliphatic heterocycles. The smallest absolute Gasteiger partial charge is 0.263 e. The quantitative estimate of drug-likeness (QED) is 0.440. The summed E-state index contributed by atoms with van der Waals surface area (Å²) in [6.07, 6.45) is 6.97. The molecule has 3 heterocycles. The first-order chi connectivity index (χ1) is 14.3. The molecule has 0 N–H and O–H groups in total. The lowest BCUT2D eigenvalue weighted by molar-refractivity contribution is 0.982. The molecule has 0 spiro atoms. The van der Waals surface area contributed by atoms with E-state index in [1.165, 1.54) is 0 Å². The fourth-order valence-electron chi connectivity index (χ4n) is 3.60. The van der Waals surface area contributed by atoms with Gasteiger partial charge >= 0.3 is 0 Å². The van der Waals surface area contributed by atoms with Gasteiger partial charge in [-0.15, -0.1) is 0 Å². The Bertz CT molecular complexity index is 1350. The molecule has 138 valence electrons. The number of rotatable bonds is 3. The normalized spacial score (nSPS) is 10.9. The maximum atomic E-state index is 13.5. The van der Waals surface area contributed by atoms with Crippen molar-refractivity contribution in [2.75, 3.05) is 0 Å². The molecule has 0 atom stereocenters. The second kappa shape index (κ2) is 7.17. The number of aromatic nitrogens is 3. The maximum Gasteiger partial charge on any atom is 0.263 e. The minimum atomic E-state index is -0.0889. The minimum Gasteiger partial charge on any atom is -0.282 e. The Hall–Kier alpha value is -4.05. The fraction of sp³-hybridized carbons (Fsp3) is 0. The van der Waals surface area contributed by atoms with Crippen molar-refractivity contribution in [3.8, 4) is 28.1 Å². The van der Waals surface area contributed by atoms with Gasteiger partial charge in [0.25, 0.3) is 5.56 Å². The van der Waals surface area contributed by atoms with Gasteiger partial charge in [-0.25, -0.2) is 0 Å². The van der Waals surface area contributed by atoms with Crippen LogP contribution in [0.2, 0.25) is 0 Å². The molecule has 0 fully saturated rings. The summed E-state index contributed by atoms with van der Waals surface area (Å²) in [7, 11) is 0. The number of nitrogens with zero attached hydrogens (tertiary/aromatic N) is 3. The van der Waals surface area contributed by atoms with E-state index in [0.717, 1.165) is 33.3 Å². The van der Waals surface area contributed by atoms with Crippen LogP contribution in [0, 0.1) is 0 Å². The second-order valence-electron chi connectivity index (χ2n) is 6.77. The molecule has 4 heteroatoms. The van der Waals surface area contributed by atoms with Crippen LogP contribution in [0.3, 0.4) is 0 Å². The van der Waals surface area contributed by atoms with Gasteiger partial charge in [0.05, 0.1) is 17.6 Å². The highest BCUT2D eigenvalue weighted by atomic mass is 16.1. The van der Waals surface area contributed by atoms with Gasteiger partial charge in [0, 0.05) is 29.7 Å². The van der Waals surface area contributed by atoms with Crippen LogP contribution in [0.5, 0.6) is 0 Å². The molecule has 5 rings (SSSR count). The number of hydrogen-bond donors (Lipinski definition) is 0. The zero-order valence-electron chi connectivity index (χ0n) is 15.6. The van der Waals surface area contributed by atoms with Crippen LogP contribution in [0.1, 0.15) is 0 Å². The number of pyridine rings is 3. The molecule has 0 bridgehead atoms. The van der Waals surface area contributed by atoms with Gasteiger partial charge in [0.15, 0.2) is 0 Å². The van der Waals surface area contributed by atoms with Crippen molar-refractivity contribution in [3.05, 3.63) is 114 Å². The van der Waals surface area contributed by atoms with Gasteiger partial charge in [-0.05, 0) is 46.7 Å². The van der Waals surface area contributed by atoms with Crippen LogP contribution in [0.4, 0.5) is 0 Å². The van der Waals surface area contributed by atoms with Crippen molar-refractivity contribution in [3.63, 3.8) is 0 Å². The summed E-state index contributed by atoms with van der Waals surface area (Å²) in [6, 6.07) is 25.5. The molecule has 0 saturated carbocycles. The van der Waals surface area contributed by atoms with Gasteiger partial charge in [0.1, 0.15) is 0 Å². The molecule has 29 heavy (non-hydrogen) atoms. The second-order valence-corrected chi connectivity index (χ2v) is 6.77. The Labute approximate surface area is 167 Å². The van der Waals surface area contributed by atoms with E-state index in [4.69, 9.17) is 0 Å². The van der Waals surface area contributed by atoms with E-state index >= 15 is 0 Å². The number of benzene rings is 2. The van der Waals surface area contributed by atoms with Crippen LogP contribution in [-0.2, 0) is 0 Å². The Morgan fingerprint density at radius 1 is 0.759 bits per heavy atom. The summed E-state index contributed by atoms with van der Waals surface area (Å²) in [5.41, 5.74) is 3.85. The monoisotopic (exact) mass is 375 g/mol. The highest BCUT2D eigenvalue weighted by molar-refractivity contribution is 5.97. The molecular formula is C25H17N3O. The van der Waals surface area contributed by atoms with E-state index in [0.29, 0.717) is 5.56 Å². The molecule has 4 nitrogen and oxygen atoms in total. The van der Waals surface area contributed by atoms with E-state index in [1.807, 2.05) is 72.9 Å². The fourth-order valence-corrected chi connectivity index (χ4v) is 3.60. The van der Waals surface area contributed by atoms with E-state index in [-0.39, 0.29) is 5.56 Å². The molecule has 0 amide bonds. The van der Waals surface area contributed by atoms with Gasteiger partial charge in [-0.3, -0.25) is 19.3 Å². The van der Waals surface area contributed by atoms with E-state index in [2.05, 4.69) is 22.1 Å². The minimum absolute atomic E-state index is 0.0889. The first-order valence-corrected chi connectivity index (χ1v) is 9.38. The van der Waals surface area contributed by atoms with E-state index in [1.54, 1.807) is 23.2 Å². The summed E-state index contributed by atoms with van der Waals surface area (Å²) in [4.78, 5) is 22.2. The summed E-state index contributed by atoms with van der Waals surface area (Å²) in [6.45, 7) is 0. The highest BCUT2D eigenvalue weighted by Crippen LogP contribution is 2.29. The SMILES string of the molecule is O=c1c(-c2cccc3ccccc23)cc(-c2ccccn2)cn1-c1cccnc1. The summed E-state index contributed by atoms with van der Waals surface area (Å²) in [5.74, 6) is 0. The Morgan fingerprint density at radius 2 is 1.62 bits per heavy atom. The van der Waals surface area contributed by atoms with Crippen molar-refractivity contribution >= 4 is 10.8 Å². The number of hydrogen-bond acceptors (Lipinski definition) is 3. The standard InChI is InChI=1S/C25H17N3O/c29-25-23(22-11-5-8-18-7-1-2-10-21(18)22)15-19(24-12-3-4-14-27-24)17-28(25)20-9-6-13-26-16-20/h1-17H. The molecular weight excluding hydrogens is 358 g/mol. The first-order valence-electron chi connectivity index (χ1n) is 9.38.